The van der Waals surface area contributed by atoms with Crippen LogP contribution in [-0.2, 0) is 0 Å². The molecule has 1 heterocycles. The van der Waals surface area contributed by atoms with Gasteiger partial charge in [-0.15, -0.1) is 0 Å². The van der Waals surface area contributed by atoms with E-state index in [9.17, 15) is 14.0 Å². The molecule has 2 rings (SSSR count). The highest BCUT2D eigenvalue weighted by Gasteiger charge is 2.17. The van der Waals surface area contributed by atoms with Crippen molar-refractivity contribution in [2.75, 3.05) is 0 Å². The highest BCUT2D eigenvalue weighted by atomic mass is 19.1. The van der Waals surface area contributed by atoms with Crippen molar-refractivity contribution in [1.82, 2.24) is 4.57 Å². The quantitative estimate of drug-likeness (QED) is 0.902. The van der Waals surface area contributed by atoms with Crippen LogP contribution in [0.25, 0.3) is 5.69 Å². The number of aromatic nitrogens is 1. The molecule has 0 bridgehead atoms. The average Bonchev–Trinajstić information content (AvgIpc) is 2.30. The Hall–Kier alpha value is -2.43. The first-order valence-corrected chi connectivity index (χ1v) is 5.64. The third kappa shape index (κ3) is 2.27. The molecule has 0 radical (unpaired) electrons. The summed E-state index contributed by atoms with van der Waals surface area (Å²) in [5.74, 6) is -1.64. The lowest BCUT2D eigenvalue weighted by atomic mass is 10.1. The Morgan fingerprint density at radius 1 is 1.21 bits per heavy atom. The molecule has 0 saturated heterocycles. The standard InChI is InChI=1S/C14H12FNO3/c1-8-7-12(17)13(14(18)19)9(2)16(8)11-5-3-10(15)4-6-11/h3-7H,1-2H3,(H,18,19). The number of hydrogen-bond acceptors (Lipinski definition) is 2. The van der Waals surface area contributed by atoms with E-state index in [0.717, 1.165) is 0 Å². The Morgan fingerprint density at radius 2 is 1.79 bits per heavy atom. The monoisotopic (exact) mass is 261 g/mol. The second-order valence-corrected chi connectivity index (χ2v) is 4.23. The Morgan fingerprint density at radius 3 is 2.32 bits per heavy atom. The summed E-state index contributed by atoms with van der Waals surface area (Å²) >= 11 is 0. The molecule has 98 valence electrons. The van der Waals surface area contributed by atoms with Crippen LogP contribution in [0.4, 0.5) is 4.39 Å². The molecular formula is C14H12FNO3. The van der Waals surface area contributed by atoms with Crippen LogP contribution in [0, 0.1) is 19.7 Å². The van der Waals surface area contributed by atoms with Gasteiger partial charge >= 0.3 is 5.97 Å². The maximum atomic E-state index is 12.9. The molecule has 0 spiro atoms. The van der Waals surface area contributed by atoms with Crippen LogP contribution in [0.3, 0.4) is 0 Å². The highest BCUT2D eigenvalue weighted by Crippen LogP contribution is 2.16. The Bertz CT molecular complexity index is 702. The summed E-state index contributed by atoms with van der Waals surface area (Å²) in [6, 6.07) is 6.90. The van der Waals surface area contributed by atoms with Gasteiger partial charge in [-0.25, -0.2) is 9.18 Å². The van der Waals surface area contributed by atoms with Gasteiger partial charge < -0.3 is 9.67 Å². The Labute approximate surface area is 108 Å². The molecule has 4 nitrogen and oxygen atoms in total. The van der Waals surface area contributed by atoms with Crippen molar-refractivity contribution in [3.63, 3.8) is 0 Å². The predicted molar refractivity (Wildman–Crippen MR) is 68.4 cm³/mol. The van der Waals surface area contributed by atoms with Gasteiger partial charge in [-0.05, 0) is 38.1 Å². The third-order valence-electron chi connectivity index (χ3n) is 2.93. The zero-order valence-corrected chi connectivity index (χ0v) is 10.5. The Kier molecular flexibility index (Phi) is 3.21. The van der Waals surface area contributed by atoms with E-state index in [1.165, 1.54) is 30.3 Å². The second kappa shape index (κ2) is 4.68. The Balaban J connectivity index is 2.77. The van der Waals surface area contributed by atoms with Crippen LogP contribution < -0.4 is 5.43 Å². The van der Waals surface area contributed by atoms with Crippen LogP contribution >= 0.6 is 0 Å². The summed E-state index contributed by atoms with van der Waals surface area (Å²) in [6.07, 6.45) is 0. The number of aryl methyl sites for hydroxylation is 1. The van der Waals surface area contributed by atoms with Gasteiger partial charge in [0.15, 0.2) is 5.43 Å². The molecule has 0 aliphatic heterocycles. The van der Waals surface area contributed by atoms with Crippen LogP contribution in [-0.4, -0.2) is 15.6 Å². The lowest BCUT2D eigenvalue weighted by molar-refractivity contribution is 0.0694. The molecule has 0 aliphatic carbocycles. The molecule has 1 aromatic heterocycles. The minimum atomic E-state index is -1.27. The first-order chi connectivity index (χ1) is 8.91. The molecular weight excluding hydrogens is 249 g/mol. The number of hydrogen-bond donors (Lipinski definition) is 1. The van der Waals surface area contributed by atoms with Gasteiger partial charge in [0.1, 0.15) is 11.4 Å². The van der Waals surface area contributed by atoms with E-state index in [2.05, 4.69) is 0 Å². The number of benzene rings is 1. The molecule has 0 unspecified atom stereocenters. The number of aromatic carboxylic acids is 1. The van der Waals surface area contributed by atoms with Gasteiger partial charge in [0.05, 0.1) is 0 Å². The first-order valence-electron chi connectivity index (χ1n) is 5.64. The molecule has 19 heavy (non-hydrogen) atoms. The topological polar surface area (TPSA) is 59.3 Å². The summed E-state index contributed by atoms with van der Waals surface area (Å²) < 4.78 is 14.5. The SMILES string of the molecule is Cc1cc(=O)c(C(=O)O)c(C)n1-c1ccc(F)cc1. The molecule has 2 aromatic rings. The van der Waals surface area contributed by atoms with E-state index >= 15 is 0 Å². The fourth-order valence-corrected chi connectivity index (χ4v) is 2.13. The third-order valence-corrected chi connectivity index (χ3v) is 2.93. The lowest BCUT2D eigenvalue weighted by Crippen LogP contribution is -2.22. The summed E-state index contributed by atoms with van der Waals surface area (Å²) in [4.78, 5) is 22.8. The minimum Gasteiger partial charge on any atom is -0.477 e. The zero-order chi connectivity index (χ0) is 14.2. The number of pyridine rings is 1. The number of rotatable bonds is 2. The smallest absolute Gasteiger partial charge is 0.341 e. The maximum absolute atomic E-state index is 12.9. The predicted octanol–water partition coefficient (Wildman–Crippen LogP) is 2.29. The van der Waals surface area contributed by atoms with Crippen LogP contribution in [0.1, 0.15) is 21.7 Å². The average molecular weight is 261 g/mol. The van der Waals surface area contributed by atoms with Crippen molar-refractivity contribution < 1.29 is 14.3 Å². The van der Waals surface area contributed by atoms with Crippen LogP contribution in [0.15, 0.2) is 35.1 Å². The number of nitrogens with zero attached hydrogens (tertiary/aromatic N) is 1. The van der Waals surface area contributed by atoms with E-state index < -0.39 is 11.4 Å². The zero-order valence-electron chi connectivity index (χ0n) is 10.5. The van der Waals surface area contributed by atoms with Gasteiger partial charge in [0, 0.05) is 23.1 Å². The normalized spacial score (nSPS) is 10.5. The minimum absolute atomic E-state index is 0.269. The fourth-order valence-electron chi connectivity index (χ4n) is 2.13. The van der Waals surface area contributed by atoms with Gasteiger partial charge in [0.2, 0.25) is 0 Å². The summed E-state index contributed by atoms with van der Waals surface area (Å²) in [5.41, 5.74) is 0.734. The largest absolute Gasteiger partial charge is 0.477 e. The van der Waals surface area contributed by atoms with E-state index in [0.29, 0.717) is 17.1 Å². The van der Waals surface area contributed by atoms with E-state index in [4.69, 9.17) is 5.11 Å². The van der Waals surface area contributed by atoms with Crippen LogP contribution in [0.2, 0.25) is 0 Å². The van der Waals surface area contributed by atoms with Gasteiger partial charge in [-0.2, -0.15) is 0 Å². The molecule has 0 atom stereocenters. The number of carbonyl (C=O) groups is 1. The van der Waals surface area contributed by atoms with E-state index in [1.54, 1.807) is 18.4 Å². The molecule has 0 aliphatic rings. The van der Waals surface area contributed by atoms with Crippen molar-refractivity contribution in [1.29, 1.82) is 0 Å². The highest BCUT2D eigenvalue weighted by molar-refractivity contribution is 5.88. The van der Waals surface area contributed by atoms with E-state index in [-0.39, 0.29) is 11.4 Å². The van der Waals surface area contributed by atoms with Gasteiger partial charge in [-0.1, -0.05) is 0 Å². The summed E-state index contributed by atoms with van der Waals surface area (Å²) in [5, 5.41) is 9.08. The summed E-state index contributed by atoms with van der Waals surface area (Å²) in [6.45, 7) is 3.25. The van der Waals surface area contributed by atoms with Crippen molar-refractivity contribution in [2.24, 2.45) is 0 Å². The van der Waals surface area contributed by atoms with Crippen molar-refractivity contribution >= 4 is 5.97 Å². The first kappa shape index (κ1) is 13.0. The number of carboxylic acid groups (broad SMARTS) is 1. The fraction of sp³-hybridized carbons (Fsp3) is 0.143. The molecule has 5 heteroatoms. The van der Waals surface area contributed by atoms with Crippen molar-refractivity contribution in [3.8, 4) is 5.69 Å². The number of carboxylic acids is 1. The molecule has 0 fully saturated rings. The number of halogens is 1. The second-order valence-electron chi connectivity index (χ2n) is 4.23. The lowest BCUT2D eigenvalue weighted by Gasteiger charge is -2.16. The summed E-state index contributed by atoms with van der Waals surface area (Å²) in [7, 11) is 0. The van der Waals surface area contributed by atoms with Gasteiger partial charge in [-0.3, -0.25) is 4.79 Å². The van der Waals surface area contributed by atoms with E-state index in [1.807, 2.05) is 0 Å². The molecule has 0 amide bonds. The van der Waals surface area contributed by atoms with Crippen molar-refractivity contribution in [2.45, 2.75) is 13.8 Å². The maximum Gasteiger partial charge on any atom is 0.341 e. The molecule has 1 N–H and O–H groups in total. The molecule has 0 saturated carbocycles. The van der Waals surface area contributed by atoms with Crippen molar-refractivity contribution in [3.05, 3.63) is 63.3 Å². The molecule has 1 aromatic carbocycles. The van der Waals surface area contributed by atoms with Crippen LogP contribution in [0.5, 0.6) is 0 Å². The van der Waals surface area contributed by atoms with Gasteiger partial charge in [0.25, 0.3) is 0 Å².